The maximum Gasteiger partial charge on any atom is 0.305 e. The van der Waals surface area contributed by atoms with Crippen molar-refractivity contribution in [1.82, 2.24) is 4.98 Å². The summed E-state index contributed by atoms with van der Waals surface area (Å²) in [5.74, 6) is -0.309. The highest BCUT2D eigenvalue weighted by atomic mass is 16.4. The maximum atomic E-state index is 10.6. The van der Waals surface area contributed by atoms with Crippen LogP contribution >= 0.6 is 0 Å². The van der Waals surface area contributed by atoms with E-state index in [4.69, 9.17) is 10.4 Å². The van der Waals surface area contributed by atoms with E-state index < -0.39 is 5.97 Å². The molecule has 0 radical (unpaired) electrons. The van der Waals surface area contributed by atoms with E-state index in [2.05, 4.69) is 11.1 Å². The van der Waals surface area contributed by atoms with Gasteiger partial charge in [0.2, 0.25) is 0 Å². The average molecular weight is 233 g/mol. The minimum Gasteiger partial charge on any atom is -0.481 e. The van der Waals surface area contributed by atoms with Gasteiger partial charge in [-0.05, 0) is 26.0 Å². The SMILES string of the molecule is CC(C)N(CCC(=O)O)c1ncccc1C#N. The topological polar surface area (TPSA) is 77.2 Å². The van der Waals surface area contributed by atoms with E-state index >= 15 is 0 Å². The summed E-state index contributed by atoms with van der Waals surface area (Å²) in [5.41, 5.74) is 0.464. The Kier molecular flexibility index (Phi) is 4.46. The second-order valence-electron chi connectivity index (χ2n) is 3.92. The Morgan fingerprint density at radius 3 is 2.88 bits per heavy atom. The van der Waals surface area contributed by atoms with Crippen LogP contribution in [0.2, 0.25) is 0 Å². The fourth-order valence-corrected chi connectivity index (χ4v) is 1.54. The highest BCUT2D eigenvalue weighted by molar-refractivity contribution is 5.68. The molecule has 1 aromatic heterocycles. The van der Waals surface area contributed by atoms with Crippen molar-refractivity contribution in [3.05, 3.63) is 23.9 Å². The first-order valence-corrected chi connectivity index (χ1v) is 5.39. The van der Waals surface area contributed by atoms with Crippen molar-refractivity contribution < 1.29 is 9.90 Å². The van der Waals surface area contributed by atoms with E-state index in [-0.39, 0.29) is 12.5 Å². The third kappa shape index (κ3) is 3.45. The number of rotatable bonds is 5. The quantitative estimate of drug-likeness (QED) is 0.836. The molecule has 0 aliphatic rings. The first-order valence-electron chi connectivity index (χ1n) is 5.39. The minimum atomic E-state index is -0.856. The second kappa shape index (κ2) is 5.85. The van der Waals surface area contributed by atoms with E-state index in [0.717, 1.165) is 0 Å². The van der Waals surface area contributed by atoms with Gasteiger partial charge in [-0.1, -0.05) is 0 Å². The first kappa shape index (κ1) is 13.0. The predicted octanol–water partition coefficient (Wildman–Crippen LogP) is 1.64. The largest absolute Gasteiger partial charge is 0.481 e. The lowest BCUT2D eigenvalue weighted by Crippen LogP contribution is -2.34. The van der Waals surface area contributed by atoms with Gasteiger partial charge in [-0.3, -0.25) is 4.79 Å². The highest BCUT2D eigenvalue weighted by Crippen LogP contribution is 2.18. The van der Waals surface area contributed by atoms with Crippen molar-refractivity contribution in [3.8, 4) is 6.07 Å². The molecule has 0 amide bonds. The van der Waals surface area contributed by atoms with Crippen LogP contribution in [0.1, 0.15) is 25.8 Å². The van der Waals surface area contributed by atoms with Crippen LogP contribution in [0.25, 0.3) is 0 Å². The van der Waals surface area contributed by atoms with Crippen LogP contribution in [-0.4, -0.2) is 28.6 Å². The van der Waals surface area contributed by atoms with Crippen LogP contribution in [0.4, 0.5) is 5.82 Å². The Morgan fingerprint density at radius 2 is 2.35 bits per heavy atom. The summed E-state index contributed by atoms with van der Waals surface area (Å²) in [7, 11) is 0. The van der Waals surface area contributed by atoms with Gasteiger partial charge in [0, 0.05) is 18.8 Å². The Bertz CT molecular complexity index is 438. The molecule has 0 saturated heterocycles. The van der Waals surface area contributed by atoms with Crippen LogP contribution in [-0.2, 0) is 4.79 Å². The standard InChI is InChI=1S/C12H15N3O2/c1-9(2)15(7-5-11(16)17)12-10(8-13)4-3-6-14-12/h3-4,6,9H,5,7H2,1-2H3,(H,16,17). The lowest BCUT2D eigenvalue weighted by Gasteiger charge is -2.27. The van der Waals surface area contributed by atoms with Crippen molar-refractivity contribution in [3.63, 3.8) is 0 Å². The Labute approximate surface area is 100 Å². The number of carboxylic acid groups (broad SMARTS) is 1. The minimum absolute atomic E-state index is 0.0274. The van der Waals surface area contributed by atoms with Crippen molar-refractivity contribution in [2.75, 3.05) is 11.4 Å². The zero-order chi connectivity index (χ0) is 12.8. The molecule has 0 atom stereocenters. The molecular formula is C12H15N3O2. The third-order valence-corrected chi connectivity index (χ3v) is 2.37. The Morgan fingerprint density at radius 1 is 1.65 bits per heavy atom. The van der Waals surface area contributed by atoms with Gasteiger partial charge in [0.25, 0.3) is 0 Å². The summed E-state index contributed by atoms with van der Waals surface area (Å²) in [6, 6.07) is 5.53. The smallest absolute Gasteiger partial charge is 0.305 e. The third-order valence-electron chi connectivity index (χ3n) is 2.37. The van der Waals surface area contributed by atoms with Crippen LogP contribution < -0.4 is 4.90 Å². The summed E-state index contributed by atoms with van der Waals surface area (Å²) in [4.78, 5) is 16.6. The van der Waals surface area contributed by atoms with Gasteiger partial charge in [-0.25, -0.2) is 4.98 Å². The molecule has 0 fully saturated rings. The average Bonchev–Trinajstić information content (AvgIpc) is 2.29. The monoisotopic (exact) mass is 233 g/mol. The lowest BCUT2D eigenvalue weighted by molar-refractivity contribution is -0.136. The fraction of sp³-hybridized carbons (Fsp3) is 0.417. The van der Waals surface area contributed by atoms with Gasteiger partial charge in [0.05, 0.1) is 12.0 Å². The van der Waals surface area contributed by atoms with Crippen LogP contribution in [0.3, 0.4) is 0 Å². The number of aromatic nitrogens is 1. The molecule has 0 spiro atoms. The molecule has 0 aliphatic carbocycles. The van der Waals surface area contributed by atoms with Gasteiger partial charge in [-0.15, -0.1) is 0 Å². The van der Waals surface area contributed by atoms with E-state index in [1.165, 1.54) is 0 Å². The van der Waals surface area contributed by atoms with E-state index in [1.54, 1.807) is 18.3 Å². The van der Waals surface area contributed by atoms with Crippen LogP contribution in [0.15, 0.2) is 18.3 Å². The number of hydrogen-bond acceptors (Lipinski definition) is 4. The summed E-state index contributed by atoms with van der Waals surface area (Å²) in [5, 5.41) is 17.7. The van der Waals surface area contributed by atoms with Gasteiger partial charge in [-0.2, -0.15) is 5.26 Å². The molecule has 1 N–H and O–H groups in total. The molecule has 0 bridgehead atoms. The molecule has 0 saturated carbocycles. The van der Waals surface area contributed by atoms with Gasteiger partial charge in [0.15, 0.2) is 0 Å². The number of aliphatic carboxylic acids is 1. The van der Waals surface area contributed by atoms with Crippen molar-refractivity contribution in [1.29, 1.82) is 5.26 Å². The molecule has 90 valence electrons. The normalized spacial score (nSPS) is 10.0. The molecule has 0 aromatic carbocycles. The number of hydrogen-bond donors (Lipinski definition) is 1. The van der Waals surface area contributed by atoms with Crippen molar-refractivity contribution in [2.24, 2.45) is 0 Å². The number of pyridine rings is 1. The van der Waals surface area contributed by atoms with E-state index in [0.29, 0.717) is 17.9 Å². The Hall–Kier alpha value is -2.09. The number of carboxylic acids is 1. The Balaban J connectivity index is 2.98. The molecule has 1 aromatic rings. The van der Waals surface area contributed by atoms with Crippen molar-refractivity contribution in [2.45, 2.75) is 26.3 Å². The lowest BCUT2D eigenvalue weighted by atomic mass is 10.2. The number of anilines is 1. The zero-order valence-electron chi connectivity index (χ0n) is 9.92. The molecule has 17 heavy (non-hydrogen) atoms. The van der Waals surface area contributed by atoms with Gasteiger partial charge >= 0.3 is 5.97 Å². The molecule has 0 unspecified atom stereocenters. The molecule has 1 heterocycles. The fourth-order valence-electron chi connectivity index (χ4n) is 1.54. The maximum absolute atomic E-state index is 10.6. The first-order chi connectivity index (χ1) is 8.06. The second-order valence-corrected chi connectivity index (χ2v) is 3.92. The summed E-state index contributed by atoms with van der Waals surface area (Å²) in [6.07, 6.45) is 1.63. The molecule has 5 heteroatoms. The van der Waals surface area contributed by atoms with Crippen molar-refractivity contribution >= 4 is 11.8 Å². The van der Waals surface area contributed by atoms with E-state index in [9.17, 15) is 4.79 Å². The zero-order valence-corrected chi connectivity index (χ0v) is 9.92. The van der Waals surface area contributed by atoms with E-state index in [1.807, 2.05) is 18.7 Å². The van der Waals surface area contributed by atoms with Gasteiger partial charge < -0.3 is 10.0 Å². The predicted molar refractivity (Wildman–Crippen MR) is 63.7 cm³/mol. The van der Waals surface area contributed by atoms with Crippen LogP contribution in [0.5, 0.6) is 0 Å². The number of nitrogens with zero attached hydrogens (tertiary/aromatic N) is 3. The molecule has 1 rings (SSSR count). The van der Waals surface area contributed by atoms with Gasteiger partial charge in [0.1, 0.15) is 11.9 Å². The number of carbonyl (C=O) groups is 1. The molecule has 5 nitrogen and oxygen atoms in total. The summed E-state index contributed by atoms with van der Waals surface area (Å²) in [6.45, 7) is 4.23. The summed E-state index contributed by atoms with van der Waals surface area (Å²) < 4.78 is 0. The van der Waals surface area contributed by atoms with Crippen LogP contribution in [0, 0.1) is 11.3 Å². The number of nitriles is 1. The summed E-state index contributed by atoms with van der Waals surface area (Å²) >= 11 is 0. The molecule has 0 aliphatic heterocycles. The molecular weight excluding hydrogens is 218 g/mol. The highest BCUT2D eigenvalue weighted by Gasteiger charge is 2.16.